The van der Waals surface area contributed by atoms with Crippen LogP contribution < -0.4 is 5.32 Å². The SMILES string of the molecule is CC1(C)CN(C(=O)CC2CC(NC(=O)OCC3c4ccccc4-c4ccccc43)C2)C1C(=O)O. The summed E-state index contributed by atoms with van der Waals surface area (Å²) in [5, 5.41) is 12.3. The third-order valence-electron chi connectivity index (χ3n) is 7.55. The van der Waals surface area contributed by atoms with E-state index in [1.807, 2.05) is 38.1 Å². The minimum atomic E-state index is -0.951. The number of carboxylic acids is 1. The van der Waals surface area contributed by atoms with Gasteiger partial charge in [-0.1, -0.05) is 62.4 Å². The highest BCUT2D eigenvalue weighted by atomic mass is 16.5. The summed E-state index contributed by atoms with van der Waals surface area (Å²) in [6, 6.07) is 15.7. The molecule has 2 fully saturated rings. The number of ether oxygens (including phenoxy) is 1. The molecule has 0 spiro atoms. The van der Waals surface area contributed by atoms with Crippen LogP contribution >= 0.6 is 0 Å². The van der Waals surface area contributed by atoms with Gasteiger partial charge in [0, 0.05) is 30.3 Å². The van der Waals surface area contributed by atoms with Crippen molar-refractivity contribution in [3.05, 3.63) is 59.7 Å². The molecule has 1 heterocycles. The van der Waals surface area contributed by atoms with E-state index in [0.717, 1.165) is 0 Å². The Morgan fingerprint density at radius 1 is 1.03 bits per heavy atom. The van der Waals surface area contributed by atoms with E-state index in [-0.39, 0.29) is 30.4 Å². The number of carbonyl (C=O) groups excluding carboxylic acids is 2. The monoisotopic (exact) mass is 462 g/mol. The van der Waals surface area contributed by atoms with Crippen LogP contribution in [-0.2, 0) is 14.3 Å². The average Bonchev–Trinajstić information content (AvgIpc) is 3.08. The van der Waals surface area contributed by atoms with Crippen molar-refractivity contribution in [1.29, 1.82) is 0 Å². The Morgan fingerprint density at radius 2 is 1.62 bits per heavy atom. The number of amides is 2. The Morgan fingerprint density at radius 3 is 2.18 bits per heavy atom. The number of alkyl carbamates (subject to hydrolysis) is 1. The third kappa shape index (κ3) is 3.93. The molecular formula is C27H30N2O5. The average molecular weight is 463 g/mol. The highest BCUT2D eigenvalue weighted by Gasteiger charge is 2.52. The number of nitrogens with one attached hydrogen (secondary N) is 1. The summed E-state index contributed by atoms with van der Waals surface area (Å²) < 4.78 is 5.60. The zero-order chi connectivity index (χ0) is 24.0. The highest BCUT2D eigenvalue weighted by molar-refractivity contribution is 5.86. The van der Waals surface area contributed by atoms with Crippen molar-refractivity contribution in [2.75, 3.05) is 13.2 Å². The van der Waals surface area contributed by atoms with Crippen LogP contribution in [0, 0.1) is 11.3 Å². The molecule has 0 aromatic heterocycles. The van der Waals surface area contributed by atoms with Gasteiger partial charge in [-0.3, -0.25) is 4.79 Å². The molecule has 2 aliphatic carbocycles. The summed E-state index contributed by atoms with van der Waals surface area (Å²) in [7, 11) is 0. The lowest BCUT2D eigenvalue weighted by Gasteiger charge is -2.52. The standard InChI is InChI=1S/C27H30N2O5/c1-27(2)15-29(24(27)25(31)32)23(30)13-16-11-17(12-16)28-26(33)34-14-22-20-9-5-3-7-18(20)19-8-4-6-10-21(19)22/h3-10,16-17,22,24H,11-15H2,1-2H3,(H,28,33)(H,31,32). The van der Waals surface area contributed by atoms with Gasteiger partial charge in [-0.05, 0) is 41.0 Å². The molecule has 7 nitrogen and oxygen atoms in total. The van der Waals surface area contributed by atoms with E-state index in [9.17, 15) is 19.5 Å². The van der Waals surface area contributed by atoms with Crippen LogP contribution in [0.2, 0.25) is 0 Å². The smallest absolute Gasteiger partial charge is 0.407 e. The molecule has 1 saturated carbocycles. The number of fused-ring (bicyclic) bond motifs is 3. The molecule has 2 aromatic carbocycles. The molecule has 0 radical (unpaired) electrons. The topological polar surface area (TPSA) is 95.9 Å². The lowest BCUT2D eigenvalue weighted by Crippen LogP contribution is -2.67. The second kappa shape index (κ2) is 8.46. The van der Waals surface area contributed by atoms with Gasteiger partial charge in [0.25, 0.3) is 0 Å². The first kappa shape index (κ1) is 22.4. The summed E-state index contributed by atoms with van der Waals surface area (Å²) in [4.78, 5) is 38.0. The van der Waals surface area contributed by atoms with Crippen molar-refractivity contribution in [3.8, 4) is 11.1 Å². The fourth-order valence-corrected chi connectivity index (χ4v) is 5.82. The van der Waals surface area contributed by atoms with Gasteiger partial charge < -0.3 is 20.1 Å². The zero-order valence-corrected chi connectivity index (χ0v) is 19.5. The predicted molar refractivity (Wildman–Crippen MR) is 126 cm³/mol. The molecule has 178 valence electrons. The fourth-order valence-electron chi connectivity index (χ4n) is 5.82. The number of rotatable bonds is 6. The fraction of sp³-hybridized carbons (Fsp3) is 0.444. The second-order valence-corrected chi connectivity index (χ2v) is 10.5. The van der Waals surface area contributed by atoms with Crippen molar-refractivity contribution in [2.24, 2.45) is 11.3 Å². The Bertz CT molecular complexity index is 1090. The molecule has 2 amide bonds. The Labute approximate surface area is 199 Å². The summed E-state index contributed by atoms with van der Waals surface area (Å²) >= 11 is 0. The van der Waals surface area contributed by atoms with Gasteiger partial charge in [-0.2, -0.15) is 0 Å². The van der Waals surface area contributed by atoms with Crippen LogP contribution in [-0.4, -0.2) is 53.2 Å². The number of carbonyl (C=O) groups is 3. The first-order valence-corrected chi connectivity index (χ1v) is 11.9. The number of benzene rings is 2. The van der Waals surface area contributed by atoms with Crippen LogP contribution in [0.3, 0.4) is 0 Å². The maximum Gasteiger partial charge on any atom is 0.407 e. The number of aliphatic carboxylic acids is 1. The van der Waals surface area contributed by atoms with E-state index in [4.69, 9.17) is 4.74 Å². The largest absolute Gasteiger partial charge is 0.480 e. The van der Waals surface area contributed by atoms with Gasteiger partial charge in [0.2, 0.25) is 5.91 Å². The molecule has 1 atom stereocenters. The van der Waals surface area contributed by atoms with Crippen LogP contribution in [0.15, 0.2) is 48.5 Å². The van der Waals surface area contributed by atoms with Gasteiger partial charge in [0.1, 0.15) is 12.6 Å². The molecule has 2 aromatic rings. The quantitative estimate of drug-likeness (QED) is 0.676. The molecule has 3 aliphatic rings. The van der Waals surface area contributed by atoms with E-state index in [2.05, 4.69) is 29.6 Å². The first-order chi connectivity index (χ1) is 16.2. The molecule has 1 saturated heterocycles. The Kier molecular flexibility index (Phi) is 5.58. The molecule has 5 rings (SSSR count). The molecule has 34 heavy (non-hydrogen) atoms. The second-order valence-electron chi connectivity index (χ2n) is 10.5. The zero-order valence-electron chi connectivity index (χ0n) is 19.5. The lowest BCUT2D eigenvalue weighted by atomic mass is 9.73. The van der Waals surface area contributed by atoms with Gasteiger partial charge in [-0.15, -0.1) is 0 Å². The Balaban J connectivity index is 1.09. The van der Waals surface area contributed by atoms with Gasteiger partial charge in [0.05, 0.1) is 0 Å². The van der Waals surface area contributed by atoms with E-state index in [0.29, 0.717) is 25.8 Å². The van der Waals surface area contributed by atoms with Crippen LogP contribution in [0.1, 0.15) is 50.2 Å². The van der Waals surface area contributed by atoms with Crippen molar-refractivity contribution in [2.45, 2.75) is 51.1 Å². The molecular weight excluding hydrogens is 432 g/mol. The third-order valence-corrected chi connectivity index (χ3v) is 7.55. The van der Waals surface area contributed by atoms with E-state index in [1.165, 1.54) is 27.2 Å². The minimum Gasteiger partial charge on any atom is -0.480 e. The number of hydrogen-bond donors (Lipinski definition) is 2. The molecule has 7 heteroatoms. The molecule has 1 aliphatic heterocycles. The van der Waals surface area contributed by atoms with E-state index >= 15 is 0 Å². The number of nitrogens with zero attached hydrogens (tertiary/aromatic N) is 1. The van der Waals surface area contributed by atoms with Gasteiger partial charge in [0.15, 0.2) is 0 Å². The minimum absolute atomic E-state index is 0.0171. The molecule has 2 N–H and O–H groups in total. The number of likely N-dealkylation sites (tertiary alicyclic amines) is 1. The normalized spacial score (nSPS) is 24.3. The van der Waals surface area contributed by atoms with Gasteiger partial charge >= 0.3 is 12.1 Å². The van der Waals surface area contributed by atoms with Crippen molar-refractivity contribution in [1.82, 2.24) is 10.2 Å². The Hall–Kier alpha value is -3.35. The number of carboxylic acid groups (broad SMARTS) is 1. The van der Waals surface area contributed by atoms with Crippen molar-refractivity contribution in [3.63, 3.8) is 0 Å². The summed E-state index contributed by atoms with van der Waals surface area (Å²) in [6.45, 7) is 4.48. The van der Waals surface area contributed by atoms with Crippen LogP contribution in [0.4, 0.5) is 4.79 Å². The lowest BCUT2D eigenvalue weighted by molar-refractivity contribution is -0.172. The summed E-state index contributed by atoms with van der Waals surface area (Å²) in [5.41, 5.74) is 4.33. The molecule has 1 unspecified atom stereocenters. The number of hydrogen-bond acceptors (Lipinski definition) is 4. The van der Waals surface area contributed by atoms with E-state index in [1.54, 1.807) is 0 Å². The summed E-state index contributed by atoms with van der Waals surface area (Å²) in [6.07, 6.45) is 1.28. The predicted octanol–water partition coefficient (Wildman–Crippen LogP) is 4.02. The van der Waals surface area contributed by atoms with Crippen molar-refractivity contribution >= 4 is 18.0 Å². The molecule has 0 bridgehead atoms. The van der Waals surface area contributed by atoms with Crippen LogP contribution in [0.5, 0.6) is 0 Å². The van der Waals surface area contributed by atoms with Gasteiger partial charge in [-0.25, -0.2) is 9.59 Å². The summed E-state index contributed by atoms with van der Waals surface area (Å²) in [5.74, 6) is -0.887. The first-order valence-electron chi connectivity index (χ1n) is 11.9. The van der Waals surface area contributed by atoms with Crippen LogP contribution in [0.25, 0.3) is 11.1 Å². The maximum absolute atomic E-state index is 12.6. The maximum atomic E-state index is 12.6. The van der Waals surface area contributed by atoms with Crippen molar-refractivity contribution < 1.29 is 24.2 Å². The highest BCUT2D eigenvalue weighted by Crippen LogP contribution is 2.44. The van der Waals surface area contributed by atoms with E-state index < -0.39 is 23.5 Å².